The van der Waals surface area contributed by atoms with E-state index in [1.807, 2.05) is 0 Å². The lowest BCUT2D eigenvalue weighted by Gasteiger charge is -2.20. The van der Waals surface area contributed by atoms with Crippen molar-refractivity contribution in [2.24, 2.45) is 0 Å². The molecular formula is C16H20O2. The molecular weight excluding hydrogens is 224 g/mol. The van der Waals surface area contributed by atoms with E-state index in [1.165, 1.54) is 23.8 Å². The molecule has 2 nitrogen and oxygen atoms in total. The summed E-state index contributed by atoms with van der Waals surface area (Å²) in [5.74, 6) is -0.266. The zero-order chi connectivity index (χ0) is 13.3. The van der Waals surface area contributed by atoms with E-state index in [9.17, 15) is 4.79 Å². The van der Waals surface area contributed by atoms with Gasteiger partial charge in [0.2, 0.25) is 0 Å². The van der Waals surface area contributed by atoms with Crippen LogP contribution in [0.5, 0.6) is 0 Å². The van der Waals surface area contributed by atoms with Gasteiger partial charge in [0.05, 0.1) is 7.11 Å². The fourth-order valence-corrected chi connectivity index (χ4v) is 2.34. The number of ether oxygens (including phenoxy) is 1. The SMILES string of the molecule is COC(=O)C=C1CCc2cc(C(C)(C)C)ccc21. The quantitative estimate of drug-likeness (QED) is 0.558. The summed E-state index contributed by atoms with van der Waals surface area (Å²) in [7, 11) is 1.41. The molecule has 0 radical (unpaired) electrons. The van der Waals surface area contributed by atoms with E-state index >= 15 is 0 Å². The van der Waals surface area contributed by atoms with Gasteiger partial charge in [-0.15, -0.1) is 0 Å². The largest absolute Gasteiger partial charge is 0.466 e. The molecule has 2 heteroatoms. The van der Waals surface area contributed by atoms with Crippen molar-refractivity contribution in [3.8, 4) is 0 Å². The maximum Gasteiger partial charge on any atom is 0.330 e. The molecule has 0 heterocycles. The lowest BCUT2D eigenvalue weighted by molar-refractivity contribution is -0.134. The van der Waals surface area contributed by atoms with Crippen LogP contribution in [0, 0.1) is 0 Å². The maximum absolute atomic E-state index is 11.3. The van der Waals surface area contributed by atoms with Gasteiger partial charge in [-0.25, -0.2) is 4.79 Å². The summed E-state index contributed by atoms with van der Waals surface area (Å²) in [5, 5.41) is 0. The number of aryl methyl sites for hydroxylation is 1. The number of carbonyl (C=O) groups excluding carboxylic acids is 1. The summed E-state index contributed by atoms with van der Waals surface area (Å²) in [4.78, 5) is 11.3. The first-order chi connectivity index (χ1) is 8.41. The summed E-state index contributed by atoms with van der Waals surface area (Å²) in [5.41, 5.74) is 5.16. The predicted octanol–water partition coefficient (Wildman–Crippen LogP) is 3.49. The van der Waals surface area contributed by atoms with Crippen LogP contribution >= 0.6 is 0 Å². The van der Waals surface area contributed by atoms with Crippen molar-refractivity contribution in [2.75, 3.05) is 7.11 Å². The summed E-state index contributed by atoms with van der Waals surface area (Å²) >= 11 is 0. The van der Waals surface area contributed by atoms with Crippen LogP contribution in [0.25, 0.3) is 5.57 Å². The van der Waals surface area contributed by atoms with Gasteiger partial charge in [0.15, 0.2) is 0 Å². The summed E-state index contributed by atoms with van der Waals surface area (Å²) in [6.45, 7) is 6.65. The molecule has 0 amide bonds. The highest BCUT2D eigenvalue weighted by Gasteiger charge is 2.21. The minimum atomic E-state index is -0.266. The van der Waals surface area contributed by atoms with Crippen molar-refractivity contribution in [1.29, 1.82) is 0 Å². The number of hydrogen-bond donors (Lipinski definition) is 0. The third-order valence-corrected chi connectivity index (χ3v) is 3.47. The van der Waals surface area contributed by atoms with Gasteiger partial charge >= 0.3 is 5.97 Å². The molecule has 1 aromatic carbocycles. The van der Waals surface area contributed by atoms with Crippen LogP contribution in [0.1, 0.15) is 43.9 Å². The Labute approximate surface area is 109 Å². The second-order valence-electron chi connectivity index (χ2n) is 5.81. The van der Waals surface area contributed by atoms with Crippen molar-refractivity contribution < 1.29 is 9.53 Å². The van der Waals surface area contributed by atoms with Crippen molar-refractivity contribution in [1.82, 2.24) is 0 Å². The molecule has 0 saturated carbocycles. The van der Waals surface area contributed by atoms with Gasteiger partial charge in [-0.3, -0.25) is 0 Å². The monoisotopic (exact) mass is 244 g/mol. The van der Waals surface area contributed by atoms with Crippen LogP contribution < -0.4 is 0 Å². The van der Waals surface area contributed by atoms with E-state index < -0.39 is 0 Å². The highest BCUT2D eigenvalue weighted by molar-refractivity contribution is 5.92. The number of allylic oxidation sites excluding steroid dienone is 1. The molecule has 0 bridgehead atoms. The highest BCUT2D eigenvalue weighted by atomic mass is 16.5. The number of esters is 1. The molecule has 2 rings (SSSR count). The first-order valence-corrected chi connectivity index (χ1v) is 6.34. The van der Waals surface area contributed by atoms with E-state index in [1.54, 1.807) is 6.08 Å². The highest BCUT2D eigenvalue weighted by Crippen LogP contribution is 2.35. The zero-order valence-corrected chi connectivity index (χ0v) is 11.5. The smallest absolute Gasteiger partial charge is 0.330 e. The summed E-state index contributed by atoms with van der Waals surface area (Å²) in [6.07, 6.45) is 3.56. The van der Waals surface area contributed by atoms with E-state index in [2.05, 4.69) is 43.7 Å². The molecule has 1 aromatic rings. The number of carbonyl (C=O) groups is 1. The molecule has 0 fully saturated rings. The first-order valence-electron chi connectivity index (χ1n) is 6.34. The molecule has 0 aromatic heterocycles. The fraction of sp³-hybridized carbons (Fsp3) is 0.438. The van der Waals surface area contributed by atoms with Crippen molar-refractivity contribution >= 4 is 11.5 Å². The Morgan fingerprint density at radius 3 is 2.61 bits per heavy atom. The normalized spacial score (nSPS) is 16.8. The molecule has 1 aliphatic carbocycles. The Morgan fingerprint density at radius 2 is 2.00 bits per heavy atom. The summed E-state index contributed by atoms with van der Waals surface area (Å²) in [6, 6.07) is 6.57. The standard InChI is InChI=1S/C16H20O2/c1-16(2,3)13-7-8-14-11(9-13)5-6-12(14)10-15(17)18-4/h7-10H,5-6H2,1-4H3. The number of rotatable bonds is 1. The van der Waals surface area contributed by atoms with Crippen LogP contribution in [0.2, 0.25) is 0 Å². The van der Waals surface area contributed by atoms with Gasteiger partial charge in [0, 0.05) is 6.08 Å². The van der Waals surface area contributed by atoms with Crippen molar-refractivity contribution in [3.05, 3.63) is 41.0 Å². The molecule has 0 atom stereocenters. The summed E-state index contributed by atoms with van der Waals surface area (Å²) < 4.78 is 4.69. The van der Waals surface area contributed by atoms with Gasteiger partial charge in [-0.1, -0.05) is 39.0 Å². The second kappa shape index (κ2) is 4.60. The average molecular weight is 244 g/mol. The van der Waals surface area contributed by atoms with Crippen molar-refractivity contribution in [2.45, 2.75) is 39.0 Å². The number of methoxy groups -OCH3 is 1. The van der Waals surface area contributed by atoms with Crippen LogP contribution in [0.4, 0.5) is 0 Å². The van der Waals surface area contributed by atoms with Crippen LogP contribution in [0.3, 0.4) is 0 Å². The van der Waals surface area contributed by atoms with E-state index in [0.717, 1.165) is 18.4 Å². The van der Waals surface area contributed by atoms with Gasteiger partial charge in [0.1, 0.15) is 0 Å². The number of fused-ring (bicyclic) bond motifs is 1. The van der Waals surface area contributed by atoms with Gasteiger partial charge < -0.3 is 4.74 Å². The van der Waals surface area contributed by atoms with E-state index in [0.29, 0.717) is 0 Å². The molecule has 0 unspecified atom stereocenters. The van der Waals surface area contributed by atoms with E-state index in [4.69, 9.17) is 0 Å². The lowest BCUT2D eigenvalue weighted by atomic mass is 9.85. The third kappa shape index (κ3) is 2.47. The van der Waals surface area contributed by atoms with Gasteiger partial charge in [-0.05, 0) is 40.5 Å². The molecule has 18 heavy (non-hydrogen) atoms. The first kappa shape index (κ1) is 12.9. The molecule has 0 aliphatic heterocycles. The minimum absolute atomic E-state index is 0.170. The maximum atomic E-state index is 11.3. The van der Waals surface area contributed by atoms with E-state index in [-0.39, 0.29) is 11.4 Å². The number of hydrogen-bond acceptors (Lipinski definition) is 2. The van der Waals surface area contributed by atoms with Crippen molar-refractivity contribution in [3.63, 3.8) is 0 Å². The number of benzene rings is 1. The molecule has 96 valence electrons. The Bertz CT molecular complexity index is 504. The molecule has 1 aliphatic rings. The Morgan fingerprint density at radius 1 is 1.28 bits per heavy atom. The van der Waals surface area contributed by atoms with Gasteiger partial charge in [0.25, 0.3) is 0 Å². The minimum Gasteiger partial charge on any atom is -0.466 e. The fourth-order valence-electron chi connectivity index (χ4n) is 2.34. The average Bonchev–Trinajstić information content (AvgIpc) is 2.70. The lowest BCUT2D eigenvalue weighted by Crippen LogP contribution is -2.11. The zero-order valence-electron chi connectivity index (χ0n) is 11.5. The van der Waals surface area contributed by atoms with Crippen LogP contribution in [0.15, 0.2) is 24.3 Å². The third-order valence-electron chi connectivity index (χ3n) is 3.47. The Balaban J connectivity index is 2.37. The molecule has 0 saturated heterocycles. The predicted molar refractivity (Wildman–Crippen MR) is 73.5 cm³/mol. The van der Waals surface area contributed by atoms with Gasteiger partial charge in [-0.2, -0.15) is 0 Å². The van der Waals surface area contributed by atoms with Crippen LogP contribution in [-0.4, -0.2) is 13.1 Å². The van der Waals surface area contributed by atoms with Crippen LogP contribution in [-0.2, 0) is 21.4 Å². The topological polar surface area (TPSA) is 26.3 Å². The second-order valence-corrected chi connectivity index (χ2v) is 5.81. The molecule has 0 spiro atoms. The molecule has 0 N–H and O–H groups in total. The Hall–Kier alpha value is -1.57. The Kier molecular flexibility index (Phi) is 3.29.